The molecule has 0 rings (SSSR count). The standard InChI is InChI=1S/C9H16N2O3S/c1-3-5-8(10)9(12)11-6-4-7-15(2,13)14/h1,8H,4-7,10H2,2H3,(H,11,12). The maximum absolute atomic E-state index is 11.2. The van der Waals surface area contributed by atoms with Crippen molar-refractivity contribution in [3.05, 3.63) is 0 Å². The molecule has 15 heavy (non-hydrogen) atoms. The quantitative estimate of drug-likeness (QED) is 0.449. The largest absolute Gasteiger partial charge is 0.355 e. The molecule has 5 nitrogen and oxygen atoms in total. The van der Waals surface area contributed by atoms with Gasteiger partial charge in [0.05, 0.1) is 11.8 Å². The molecule has 1 atom stereocenters. The zero-order chi connectivity index (χ0) is 11.9. The van der Waals surface area contributed by atoms with E-state index in [9.17, 15) is 13.2 Å². The molecule has 86 valence electrons. The molecule has 0 bridgehead atoms. The molecule has 0 aliphatic carbocycles. The second-order valence-electron chi connectivity index (χ2n) is 3.29. The zero-order valence-corrected chi connectivity index (χ0v) is 9.51. The van der Waals surface area contributed by atoms with Crippen LogP contribution in [-0.2, 0) is 14.6 Å². The lowest BCUT2D eigenvalue weighted by Crippen LogP contribution is -2.40. The summed E-state index contributed by atoms with van der Waals surface area (Å²) in [5, 5.41) is 2.52. The first-order chi connectivity index (χ1) is 6.87. The maximum atomic E-state index is 11.2. The minimum absolute atomic E-state index is 0.0532. The van der Waals surface area contributed by atoms with Gasteiger partial charge in [0.15, 0.2) is 0 Å². The van der Waals surface area contributed by atoms with Gasteiger partial charge in [0.1, 0.15) is 9.84 Å². The van der Waals surface area contributed by atoms with Crippen LogP contribution >= 0.6 is 0 Å². The molecule has 0 heterocycles. The monoisotopic (exact) mass is 232 g/mol. The Morgan fingerprint density at radius 2 is 2.20 bits per heavy atom. The Morgan fingerprint density at radius 1 is 1.60 bits per heavy atom. The smallest absolute Gasteiger partial charge is 0.237 e. The highest BCUT2D eigenvalue weighted by molar-refractivity contribution is 7.90. The third-order valence-corrected chi connectivity index (χ3v) is 2.70. The van der Waals surface area contributed by atoms with Crippen LogP contribution in [0.3, 0.4) is 0 Å². The van der Waals surface area contributed by atoms with Crippen LogP contribution in [0.25, 0.3) is 0 Å². The summed E-state index contributed by atoms with van der Waals surface area (Å²) in [4.78, 5) is 11.2. The van der Waals surface area contributed by atoms with Crippen LogP contribution in [0.4, 0.5) is 0 Å². The van der Waals surface area contributed by atoms with Crippen LogP contribution in [0.15, 0.2) is 0 Å². The molecule has 0 radical (unpaired) electrons. The number of sulfone groups is 1. The molecular weight excluding hydrogens is 216 g/mol. The first-order valence-corrected chi connectivity index (χ1v) is 6.57. The first kappa shape index (κ1) is 13.9. The van der Waals surface area contributed by atoms with Gasteiger partial charge in [-0.05, 0) is 6.42 Å². The van der Waals surface area contributed by atoms with Crippen molar-refractivity contribution in [2.24, 2.45) is 5.73 Å². The van der Waals surface area contributed by atoms with Gasteiger partial charge < -0.3 is 11.1 Å². The number of nitrogens with two attached hydrogens (primary N) is 1. The fourth-order valence-electron chi connectivity index (χ4n) is 0.897. The Morgan fingerprint density at radius 3 is 2.67 bits per heavy atom. The Kier molecular flexibility index (Phi) is 5.97. The maximum Gasteiger partial charge on any atom is 0.237 e. The number of carbonyl (C=O) groups excluding carboxylic acids is 1. The van der Waals surface area contributed by atoms with Crippen molar-refractivity contribution in [3.8, 4) is 12.3 Å². The van der Waals surface area contributed by atoms with Crippen molar-refractivity contribution in [2.45, 2.75) is 18.9 Å². The molecule has 0 aromatic rings. The highest BCUT2D eigenvalue weighted by Gasteiger charge is 2.11. The molecule has 0 aromatic carbocycles. The molecule has 6 heteroatoms. The summed E-state index contributed by atoms with van der Waals surface area (Å²) in [5.74, 6) is 1.99. The summed E-state index contributed by atoms with van der Waals surface area (Å²) in [6, 6.07) is -0.715. The van der Waals surface area contributed by atoms with Gasteiger partial charge >= 0.3 is 0 Å². The Bertz CT molecular complexity index is 343. The predicted octanol–water partition coefficient (Wildman–Crippen LogP) is -1.11. The number of amides is 1. The van der Waals surface area contributed by atoms with E-state index in [0.29, 0.717) is 13.0 Å². The molecule has 1 unspecified atom stereocenters. The van der Waals surface area contributed by atoms with Gasteiger partial charge in [-0.3, -0.25) is 4.79 Å². The molecule has 0 saturated carbocycles. The Hall–Kier alpha value is -1.06. The van der Waals surface area contributed by atoms with Crippen molar-refractivity contribution in [3.63, 3.8) is 0 Å². The van der Waals surface area contributed by atoms with Crippen molar-refractivity contribution in [1.29, 1.82) is 0 Å². The molecule has 0 aliphatic heterocycles. The van der Waals surface area contributed by atoms with E-state index in [1.165, 1.54) is 0 Å². The second kappa shape index (κ2) is 6.43. The Balaban J connectivity index is 3.70. The lowest BCUT2D eigenvalue weighted by Gasteiger charge is -2.08. The van der Waals surface area contributed by atoms with E-state index < -0.39 is 15.9 Å². The number of carbonyl (C=O) groups is 1. The van der Waals surface area contributed by atoms with Gasteiger partial charge in [-0.15, -0.1) is 12.3 Å². The summed E-state index contributed by atoms with van der Waals surface area (Å²) in [5.41, 5.74) is 5.42. The summed E-state index contributed by atoms with van der Waals surface area (Å²) in [6.07, 6.45) is 6.70. The van der Waals surface area contributed by atoms with Crippen molar-refractivity contribution in [1.82, 2.24) is 5.32 Å². The van der Waals surface area contributed by atoms with Crippen LogP contribution < -0.4 is 11.1 Å². The number of hydrogen-bond donors (Lipinski definition) is 2. The first-order valence-electron chi connectivity index (χ1n) is 4.51. The van der Waals surface area contributed by atoms with Crippen molar-refractivity contribution in [2.75, 3.05) is 18.6 Å². The minimum atomic E-state index is -2.97. The van der Waals surface area contributed by atoms with Gasteiger partial charge in [-0.2, -0.15) is 0 Å². The minimum Gasteiger partial charge on any atom is -0.355 e. The molecule has 3 N–H and O–H groups in total. The van der Waals surface area contributed by atoms with Gasteiger partial charge in [0.2, 0.25) is 5.91 Å². The molecule has 0 fully saturated rings. The average molecular weight is 232 g/mol. The van der Waals surface area contributed by atoms with Crippen LogP contribution in [0.5, 0.6) is 0 Å². The van der Waals surface area contributed by atoms with Crippen LogP contribution in [-0.4, -0.2) is 38.9 Å². The molecule has 0 saturated heterocycles. The van der Waals surface area contributed by atoms with E-state index in [2.05, 4.69) is 11.2 Å². The third kappa shape index (κ3) is 7.97. The van der Waals surface area contributed by atoms with Crippen LogP contribution in [0, 0.1) is 12.3 Å². The summed E-state index contributed by atoms with van der Waals surface area (Å²) in [6.45, 7) is 0.296. The SMILES string of the molecule is C#CCC(N)C(=O)NCCCS(C)(=O)=O. The zero-order valence-electron chi connectivity index (χ0n) is 8.69. The fourth-order valence-corrected chi connectivity index (χ4v) is 1.57. The van der Waals surface area contributed by atoms with Crippen molar-refractivity contribution >= 4 is 15.7 Å². The lowest BCUT2D eigenvalue weighted by molar-refractivity contribution is -0.122. The topological polar surface area (TPSA) is 89.3 Å². The fraction of sp³-hybridized carbons (Fsp3) is 0.667. The summed E-state index contributed by atoms with van der Waals surface area (Å²) in [7, 11) is -2.97. The van der Waals surface area contributed by atoms with Gasteiger partial charge in [0.25, 0.3) is 0 Å². The van der Waals surface area contributed by atoms with Crippen molar-refractivity contribution < 1.29 is 13.2 Å². The highest BCUT2D eigenvalue weighted by Crippen LogP contribution is 1.89. The third-order valence-electron chi connectivity index (χ3n) is 1.67. The molecular formula is C9H16N2O3S. The number of nitrogens with one attached hydrogen (secondary N) is 1. The summed E-state index contributed by atoms with van der Waals surface area (Å²) < 4.78 is 21.5. The predicted molar refractivity (Wildman–Crippen MR) is 58.8 cm³/mol. The van der Waals surface area contributed by atoms with Crippen LogP contribution in [0.1, 0.15) is 12.8 Å². The van der Waals surface area contributed by atoms with E-state index in [-0.39, 0.29) is 18.1 Å². The normalized spacial score (nSPS) is 12.9. The van der Waals surface area contributed by atoms with Gasteiger partial charge in [-0.25, -0.2) is 8.42 Å². The van der Waals surface area contributed by atoms with E-state index in [0.717, 1.165) is 6.26 Å². The lowest BCUT2D eigenvalue weighted by atomic mass is 10.2. The number of hydrogen-bond acceptors (Lipinski definition) is 4. The Labute approximate surface area is 90.3 Å². The molecule has 1 amide bonds. The summed E-state index contributed by atoms with van der Waals surface area (Å²) >= 11 is 0. The van der Waals surface area contributed by atoms with E-state index in [1.807, 2.05) is 0 Å². The molecule has 0 aliphatic rings. The highest BCUT2D eigenvalue weighted by atomic mass is 32.2. The van der Waals surface area contributed by atoms with E-state index in [1.54, 1.807) is 0 Å². The number of terminal acetylenes is 1. The molecule has 0 aromatic heterocycles. The average Bonchev–Trinajstić information content (AvgIpc) is 2.11. The van der Waals surface area contributed by atoms with E-state index in [4.69, 9.17) is 12.2 Å². The number of rotatable bonds is 6. The second-order valence-corrected chi connectivity index (χ2v) is 5.55. The van der Waals surface area contributed by atoms with E-state index >= 15 is 0 Å². The van der Waals surface area contributed by atoms with Crippen LogP contribution in [0.2, 0.25) is 0 Å². The molecule has 0 spiro atoms. The van der Waals surface area contributed by atoms with Gasteiger partial charge in [-0.1, -0.05) is 0 Å². The van der Waals surface area contributed by atoms with Gasteiger partial charge in [0, 0.05) is 19.2 Å².